The van der Waals surface area contributed by atoms with Crippen LogP contribution < -0.4 is 9.64 Å². The molecular formula is C33H37N3O5S. The third-order valence-electron chi connectivity index (χ3n) is 8.72. The summed E-state index contributed by atoms with van der Waals surface area (Å²) in [5, 5.41) is 9.22. The maximum Gasteiger partial charge on any atom is 0.247 e. The summed E-state index contributed by atoms with van der Waals surface area (Å²) in [6.07, 6.45) is 9.25. The van der Waals surface area contributed by atoms with Crippen LogP contribution in [0.15, 0.2) is 78.9 Å². The Hall–Kier alpha value is -3.56. The third-order valence-corrected chi connectivity index (χ3v) is 10.5. The van der Waals surface area contributed by atoms with Crippen LogP contribution >= 0.6 is 11.8 Å². The van der Waals surface area contributed by atoms with Crippen LogP contribution in [0.2, 0.25) is 0 Å². The SMILES string of the molecule is CCOc1ccc(N2CC=C[C@H]3S[C@]45C=CCN(Cc6ccccc6)C(=O)C4N(CCCCO)C(=O)[C@@H]5[C@H]3C2=O)cc1. The minimum Gasteiger partial charge on any atom is -0.494 e. The molecule has 4 heterocycles. The summed E-state index contributed by atoms with van der Waals surface area (Å²) >= 11 is 1.59. The van der Waals surface area contributed by atoms with Crippen molar-refractivity contribution in [3.8, 4) is 5.75 Å². The van der Waals surface area contributed by atoms with Gasteiger partial charge in [0.05, 0.1) is 23.2 Å². The summed E-state index contributed by atoms with van der Waals surface area (Å²) in [4.78, 5) is 48.4. The number of unbranched alkanes of at least 4 members (excludes halogenated alkanes) is 1. The highest BCUT2D eigenvalue weighted by molar-refractivity contribution is 8.02. The van der Waals surface area contributed by atoms with E-state index in [0.29, 0.717) is 45.6 Å². The van der Waals surface area contributed by atoms with Gasteiger partial charge in [0.25, 0.3) is 0 Å². The number of fused-ring (bicyclic) bond motifs is 2. The molecule has 0 saturated carbocycles. The maximum atomic E-state index is 14.4. The number of likely N-dealkylation sites (tertiary alicyclic amines) is 1. The summed E-state index contributed by atoms with van der Waals surface area (Å²) in [5.41, 5.74) is 1.78. The summed E-state index contributed by atoms with van der Waals surface area (Å²) in [6.45, 7) is 4.18. The Bertz CT molecular complexity index is 1380. The molecule has 4 aliphatic rings. The first-order valence-electron chi connectivity index (χ1n) is 14.8. The monoisotopic (exact) mass is 587 g/mol. The van der Waals surface area contributed by atoms with E-state index in [4.69, 9.17) is 4.74 Å². The molecule has 0 radical (unpaired) electrons. The fourth-order valence-electron chi connectivity index (χ4n) is 6.88. The number of nitrogens with zero attached hydrogens (tertiary/aromatic N) is 3. The lowest BCUT2D eigenvalue weighted by molar-refractivity contribution is -0.143. The van der Waals surface area contributed by atoms with Gasteiger partial charge >= 0.3 is 0 Å². The fraction of sp³-hybridized carbons (Fsp3) is 0.424. The number of rotatable bonds is 9. The van der Waals surface area contributed by atoms with Crippen molar-refractivity contribution in [3.63, 3.8) is 0 Å². The standard InChI is InChI=1S/C33H37N3O5S/c1-2-41-25-15-13-24(14-16-25)35-20-8-12-26-27(30(35)38)28-31(39)36(19-6-7-21-37)29-32(40)34(18-9-17-33(28,29)42-26)22-23-10-4-3-5-11-23/h3-5,8-17,26-29,37H,2,6-7,18-22H2,1H3/t26-,27+,28+,29?,33+/m1/s1. The average molecular weight is 588 g/mol. The molecule has 2 aromatic rings. The molecule has 1 N–H and O–H groups in total. The molecule has 9 heteroatoms. The van der Waals surface area contributed by atoms with Crippen molar-refractivity contribution in [2.75, 3.05) is 37.7 Å². The van der Waals surface area contributed by atoms with Crippen molar-refractivity contribution >= 4 is 35.2 Å². The first-order chi connectivity index (χ1) is 20.5. The zero-order chi connectivity index (χ0) is 29.3. The van der Waals surface area contributed by atoms with Crippen LogP contribution in [0.4, 0.5) is 5.69 Å². The van der Waals surface area contributed by atoms with E-state index in [0.717, 1.165) is 17.0 Å². The van der Waals surface area contributed by atoms with Gasteiger partial charge in [0.2, 0.25) is 17.7 Å². The molecule has 8 nitrogen and oxygen atoms in total. The summed E-state index contributed by atoms with van der Waals surface area (Å²) < 4.78 is 4.74. The Kier molecular flexibility index (Phi) is 8.14. The molecule has 4 aliphatic heterocycles. The predicted octanol–water partition coefficient (Wildman–Crippen LogP) is 3.66. The van der Waals surface area contributed by atoms with Gasteiger partial charge in [-0.15, -0.1) is 11.8 Å². The number of carbonyl (C=O) groups excluding carboxylic acids is 3. The molecule has 0 aliphatic carbocycles. The fourth-order valence-corrected chi connectivity index (χ4v) is 8.89. The maximum absolute atomic E-state index is 14.4. The Morgan fingerprint density at radius 1 is 0.952 bits per heavy atom. The van der Waals surface area contributed by atoms with E-state index in [9.17, 15) is 19.5 Å². The topological polar surface area (TPSA) is 90.4 Å². The zero-order valence-corrected chi connectivity index (χ0v) is 24.6. The second-order valence-electron chi connectivity index (χ2n) is 11.2. The van der Waals surface area contributed by atoms with Crippen LogP contribution in [0.1, 0.15) is 25.3 Å². The summed E-state index contributed by atoms with van der Waals surface area (Å²) in [6, 6.07) is 16.6. The number of amides is 3. The number of benzene rings is 2. The number of aliphatic hydroxyl groups excluding tert-OH is 1. The van der Waals surface area contributed by atoms with E-state index >= 15 is 0 Å². The molecule has 5 atom stereocenters. The molecule has 220 valence electrons. The van der Waals surface area contributed by atoms with E-state index in [-0.39, 0.29) is 29.6 Å². The minimum absolute atomic E-state index is 0.0228. The van der Waals surface area contributed by atoms with E-state index in [1.54, 1.807) is 21.6 Å². The molecule has 1 unspecified atom stereocenters. The number of anilines is 1. The zero-order valence-electron chi connectivity index (χ0n) is 23.8. The number of carbonyl (C=O) groups is 3. The van der Waals surface area contributed by atoms with Crippen molar-refractivity contribution in [2.24, 2.45) is 11.8 Å². The summed E-state index contributed by atoms with van der Waals surface area (Å²) in [5.74, 6) is -0.860. The predicted molar refractivity (Wildman–Crippen MR) is 163 cm³/mol. The Morgan fingerprint density at radius 3 is 2.48 bits per heavy atom. The number of hydrogen-bond acceptors (Lipinski definition) is 6. The van der Waals surface area contributed by atoms with Crippen molar-refractivity contribution in [2.45, 2.75) is 42.3 Å². The lowest BCUT2D eigenvalue weighted by atomic mass is 9.78. The Morgan fingerprint density at radius 2 is 1.74 bits per heavy atom. The Labute approximate surface area is 251 Å². The first-order valence-corrected chi connectivity index (χ1v) is 15.7. The number of thioether (sulfide) groups is 1. The Balaban J connectivity index is 1.36. The molecule has 2 saturated heterocycles. The van der Waals surface area contributed by atoms with Crippen LogP contribution in [-0.2, 0) is 20.9 Å². The van der Waals surface area contributed by atoms with Crippen LogP contribution in [0, 0.1) is 11.8 Å². The lowest BCUT2D eigenvalue weighted by Gasteiger charge is -2.35. The molecule has 3 amide bonds. The second kappa shape index (κ2) is 12.0. The van der Waals surface area contributed by atoms with Gasteiger partial charge in [0.1, 0.15) is 11.8 Å². The van der Waals surface area contributed by atoms with Crippen LogP contribution in [0.25, 0.3) is 0 Å². The largest absolute Gasteiger partial charge is 0.494 e. The van der Waals surface area contributed by atoms with Gasteiger partial charge in [0.15, 0.2) is 0 Å². The van der Waals surface area contributed by atoms with E-state index in [1.807, 2.05) is 78.6 Å². The van der Waals surface area contributed by atoms with Crippen molar-refractivity contribution in [1.82, 2.24) is 9.80 Å². The highest BCUT2D eigenvalue weighted by Crippen LogP contribution is 2.61. The van der Waals surface area contributed by atoms with Crippen LogP contribution in [-0.4, -0.2) is 81.5 Å². The van der Waals surface area contributed by atoms with Crippen molar-refractivity contribution < 1.29 is 24.2 Å². The van der Waals surface area contributed by atoms with Gasteiger partial charge in [-0.25, -0.2) is 0 Å². The van der Waals surface area contributed by atoms with E-state index < -0.39 is 22.6 Å². The number of hydrogen-bond donors (Lipinski definition) is 1. The van der Waals surface area contributed by atoms with Gasteiger partial charge in [-0.2, -0.15) is 0 Å². The average Bonchev–Trinajstić information content (AvgIpc) is 3.31. The third kappa shape index (κ3) is 4.92. The second-order valence-corrected chi connectivity index (χ2v) is 12.7. The number of aliphatic hydroxyl groups is 1. The molecule has 42 heavy (non-hydrogen) atoms. The molecule has 2 fully saturated rings. The first kappa shape index (κ1) is 28.6. The van der Waals surface area contributed by atoms with E-state index in [1.165, 1.54) is 0 Å². The van der Waals surface area contributed by atoms with Gasteiger partial charge in [-0.3, -0.25) is 14.4 Å². The van der Waals surface area contributed by atoms with Gasteiger partial charge in [-0.1, -0.05) is 54.6 Å². The number of ether oxygens (including phenoxy) is 1. The van der Waals surface area contributed by atoms with Gasteiger partial charge in [0, 0.05) is 43.7 Å². The van der Waals surface area contributed by atoms with Crippen LogP contribution in [0.5, 0.6) is 5.75 Å². The smallest absolute Gasteiger partial charge is 0.247 e. The van der Waals surface area contributed by atoms with Gasteiger partial charge < -0.3 is 24.5 Å². The molecule has 1 spiro atoms. The highest BCUT2D eigenvalue weighted by atomic mass is 32.2. The van der Waals surface area contributed by atoms with E-state index in [2.05, 4.69) is 12.2 Å². The normalized spacial score (nSPS) is 28.4. The lowest BCUT2D eigenvalue weighted by Crippen LogP contribution is -2.53. The molecule has 0 aromatic heterocycles. The molecule has 6 rings (SSSR count). The highest BCUT2D eigenvalue weighted by Gasteiger charge is 2.70. The van der Waals surface area contributed by atoms with Crippen molar-refractivity contribution in [3.05, 3.63) is 84.5 Å². The summed E-state index contributed by atoms with van der Waals surface area (Å²) in [7, 11) is 0. The molecule has 0 bridgehead atoms. The molecular weight excluding hydrogens is 550 g/mol. The van der Waals surface area contributed by atoms with Crippen LogP contribution in [0.3, 0.4) is 0 Å². The van der Waals surface area contributed by atoms with Gasteiger partial charge in [-0.05, 0) is 49.6 Å². The minimum atomic E-state index is -0.851. The van der Waals surface area contributed by atoms with Crippen molar-refractivity contribution in [1.29, 1.82) is 0 Å². The molecule has 2 aromatic carbocycles. The quantitative estimate of drug-likeness (QED) is 0.356.